The Morgan fingerprint density at radius 1 is 1.39 bits per heavy atom. The maximum absolute atomic E-state index is 12.0. The molecule has 1 aromatic carbocycles. The van der Waals surface area contributed by atoms with Gasteiger partial charge in [0.15, 0.2) is 0 Å². The lowest BCUT2D eigenvalue weighted by Gasteiger charge is -2.12. The molecular formula is C12H17NO4S. The van der Waals surface area contributed by atoms with Gasteiger partial charge in [0, 0.05) is 6.54 Å². The van der Waals surface area contributed by atoms with E-state index in [-0.39, 0.29) is 21.9 Å². The molecule has 18 heavy (non-hydrogen) atoms. The Balaban J connectivity index is 3.17. The minimum Gasteiger partial charge on any atom is -0.478 e. The number of carboxylic acids is 1. The minimum atomic E-state index is -3.66. The Kier molecular flexibility index (Phi) is 4.48. The number of sulfonamides is 1. The summed E-state index contributed by atoms with van der Waals surface area (Å²) in [5, 5.41) is 8.96. The van der Waals surface area contributed by atoms with Gasteiger partial charge in [-0.25, -0.2) is 17.9 Å². The van der Waals surface area contributed by atoms with E-state index in [1.54, 1.807) is 0 Å². The third-order valence-corrected chi connectivity index (χ3v) is 4.05. The van der Waals surface area contributed by atoms with Gasteiger partial charge in [0.1, 0.15) is 0 Å². The van der Waals surface area contributed by atoms with Crippen LogP contribution in [0.1, 0.15) is 29.8 Å². The van der Waals surface area contributed by atoms with Crippen molar-refractivity contribution in [3.8, 4) is 0 Å². The largest absolute Gasteiger partial charge is 0.478 e. The maximum Gasteiger partial charge on any atom is 0.335 e. The van der Waals surface area contributed by atoms with Crippen LogP contribution in [-0.4, -0.2) is 26.0 Å². The van der Waals surface area contributed by atoms with Gasteiger partial charge in [-0.05, 0) is 30.5 Å². The second-order valence-corrected chi connectivity index (χ2v) is 6.21. The van der Waals surface area contributed by atoms with Crippen LogP contribution in [0, 0.1) is 12.8 Å². The zero-order valence-electron chi connectivity index (χ0n) is 10.6. The molecule has 0 fully saturated rings. The fraction of sp³-hybridized carbons (Fsp3) is 0.417. The van der Waals surface area contributed by atoms with Crippen molar-refractivity contribution >= 4 is 16.0 Å². The minimum absolute atomic E-state index is 0.00224. The van der Waals surface area contributed by atoms with Crippen LogP contribution in [0.5, 0.6) is 0 Å². The summed E-state index contributed by atoms with van der Waals surface area (Å²) in [5.41, 5.74) is 0.253. The van der Waals surface area contributed by atoms with Crippen molar-refractivity contribution in [3.63, 3.8) is 0 Å². The zero-order chi connectivity index (χ0) is 13.9. The molecule has 5 nitrogen and oxygen atoms in total. The highest BCUT2D eigenvalue weighted by Gasteiger charge is 2.20. The Bertz CT molecular complexity index is 549. The van der Waals surface area contributed by atoms with Crippen LogP contribution in [0.25, 0.3) is 0 Å². The fourth-order valence-corrected chi connectivity index (χ4v) is 2.97. The predicted octanol–water partition coefficient (Wildman–Crippen LogP) is 1.63. The van der Waals surface area contributed by atoms with E-state index in [0.717, 1.165) is 0 Å². The van der Waals surface area contributed by atoms with Crippen LogP contribution < -0.4 is 4.72 Å². The molecule has 0 saturated carbocycles. The van der Waals surface area contributed by atoms with E-state index in [1.165, 1.54) is 25.1 Å². The highest BCUT2D eigenvalue weighted by atomic mass is 32.2. The molecule has 0 heterocycles. The van der Waals surface area contributed by atoms with Crippen LogP contribution in [0.4, 0.5) is 0 Å². The number of carbonyl (C=O) groups is 1. The van der Waals surface area contributed by atoms with Crippen LogP contribution >= 0.6 is 0 Å². The van der Waals surface area contributed by atoms with Gasteiger partial charge in [-0.1, -0.05) is 19.9 Å². The lowest BCUT2D eigenvalue weighted by molar-refractivity contribution is 0.0696. The number of hydrogen-bond donors (Lipinski definition) is 2. The van der Waals surface area contributed by atoms with Gasteiger partial charge in [-0.3, -0.25) is 0 Å². The van der Waals surface area contributed by atoms with Gasteiger partial charge in [-0.2, -0.15) is 0 Å². The van der Waals surface area contributed by atoms with Gasteiger partial charge < -0.3 is 5.11 Å². The Morgan fingerprint density at radius 3 is 2.50 bits per heavy atom. The van der Waals surface area contributed by atoms with Gasteiger partial charge >= 0.3 is 5.97 Å². The second-order valence-electron chi connectivity index (χ2n) is 4.48. The van der Waals surface area contributed by atoms with Crippen molar-refractivity contribution in [2.45, 2.75) is 25.7 Å². The van der Waals surface area contributed by atoms with E-state index in [2.05, 4.69) is 4.72 Å². The van der Waals surface area contributed by atoms with Crippen molar-refractivity contribution in [2.75, 3.05) is 6.54 Å². The zero-order valence-corrected chi connectivity index (χ0v) is 11.4. The molecule has 0 atom stereocenters. The van der Waals surface area contributed by atoms with E-state index in [0.29, 0.717) is 6.54 Å². The van der Waals surface area contributed by atoms with E-state index in [4.69, 9.17) is 5.11 Å². The van der Waals surface area contributed by atoms with E-state index in [1.807, 2.05) is 13.8 Å². The standard InChI is InChI=1S/C12H17NO4S/c1-8(2)7-13-18(16,17)11-6-4-5-10(9(11)3)12(14)15/h4-6,8,13H,7H2,1-3H3,(H,14,15). The van der Waals surface area contributed by atoms with Crippen molar-refractivity contribution in [2.24, 2.45) is 5.92 Å². The topological polar surface area (TPSA) is 83.5 Å². The van der Waals surface area contributed by atoms with Gasteiger partial charge in [0.05, 0.1) is 10.5 Å². The summed E-state index contributed by atoms with van der Waals surface area (Å²) in [6.07, 6.45) is 0. The van der Waals surface area contributed by atoms with Crippen molar-refractivity contribution < 1.29 is 18.3 Å². The first-order valence-electron chi connectivity index (χ1n) is 5.58. The first-order chi connectivity index (χ1) is 8.25. The summed E-state index contributed by atoms with van der Waals surface area (Å²) in [6.45, 7) is 5.60. The molecule has 1 rings (SSSR count). The number of nitrogens with one attached hydrogen (secondary N) is 1. The van der Waals surface area contributed by atoms with Crippen molar-refractivity contribution in [1.29, 1.82) is 0 Å². The summed E-state index contributed by atoms with van der Waals surface area (Å²) in [6, 6.07) is 4.23. The van der Waals surface area contributed by atoms with E-state index in [9.17, 15) is 13.2 Å². The molecular weight excluding hydrogens is 254 g/mol. The number of carboxylic acid groups (broad SMARTS) is 1. The maximum atomic E-state index is 12.0. The first kappa shape index (κ1) is 14.7. The number of benzene rings is 1. The molecule has 0 aliphatic rings. The van der Waals surface area contributed by atoms with Crippen LogP contribution in [0.15, 0.2) is 23.1 Å². The Labute approximate surface area is 107 Å². The monoisotopic (exact) mass is 271 g/mol. The molecule has 0 aliphatic heterocycles. The number of hydrogen-bond acceptors (Lipinski definition) is 3. The molecule has 6 heteroatoms. The molecule has 0 bridgehead atoms. The number of aromatic carboxylic acids is 1. The molecule has 0 spiro atoms. The average Bonchev–Trinajstić information content (AvgIpc) is 2.26. The molecule has 0 aliphatic carbocycles. The van der Waals surface area contributed by atoms with Crippen LogP contribution in [0.2, 0.25) is 0 Å². The highest BCUT2D eigenvalue weighted by Crippen LogP contribution is 2.18. The Hall–Kier alpha value is -1.40. The smallest absolute Gasteiger partial charge is 0.335 e. The second kappa shape index (κ2) is 5.49. The quantitative estimate of drug-likeness (QED) is 0.852. The third kappa shape index (κ3) is 3.30. The molecule has 1 aromatic rings. The van der Waals surface area contributed by atoms with Gasteiger partial charge in [-0.15, -0.1) is 0 Å². The normalized spacial score (nSPS) is 11.8. The molecule has 0 saturated heterocycles. The summed E-state index contributed by atoms with van der Waals surface area (Å²) in [5.74, 6) is -0.948. The number of rotatable bonds is 5. The average molecular weight is 271 g/mol. The predicted molar refractivity (Wildman–Crippen MR) is 68.2 cm³/mol. The summed E-state index contributed by atoms with van der Waals surface area (Å²) in [4.78, 5) is 11.0. The summed E-state index contributed by atoms with van der Waals surface area (Å²) >= 11 is 0. The summed E-state index contributed by atoms with van der Waals surface area (Å²) in [7, 11) is -3.66. The molecule has 0 amide bonds. The third-order valence-electron chi connectivity index (χ3n) is 2.49. The SMILES string of the molecule is Cc1c(C(=O)O)cccc1S(=O)(=O)NCC(C)C. The lowest BCUT2D eigenvalue weighted by Crippen LogP contribution is -2.28. The lowest BCUT2D eigenvalue weighted by atomic mass is 10.1. The molecule has 0 aromatic heterocycles. The van der Waals surface area contributed by atoms with E-state index >= 15 is 0 Å². The van der Waals surface area contributed by atoms with Crippen LogP contribution in [-0.2, 0) is 10.0 Å². The van der Waals surface area contributed by atoms with Crippen molar-refractivity contribution in [3.05, 3.63) is 29.3 Å². The van der Waals surface area contributed by atoms with E-state index < -0.39 is 16.0 Å². The molecule has 0 radical (unpaired) electrons. The molecule has 0 unspecified atom stereocenters. The van der Waals surface area contributed by atoms with Gasteiger partial charge in [0.25, 0.3) is 0 Å². The van der Waals surface area contributed by atoms with Crippen molar-refractivity contribution in [1.82, 2.24) is 4.72 Å². The Morgan fingerprint density at radius 2 is 2.00 bits per heavy atom. The van der Waals surface area contributed by atoms with Gasteiger partial charge in [0.2, 0.25) is 10.0 Å². The first-order valence-corrected chi connectivity index (χ1v) is 7.06. The molecule has 100 valence electrons. The fourth-order valence-electron chi connectivity index (χ4n) is 1.49. The molecule has 2 N–H and O–H groups in total. The van der Waals surface area contributed by atoms with Crippen LogP contribution in [0.3, 0.4) is 0 Å². The summed E-state index contributed by atoms with van der Waals surface area (Å²) < 4.78 is 26.5. The highest BCUT2D eigenvalue weighted by molar-refractivity contribution is 7.89.